The summed E-state index contributed by atoms with van der Waals surface area (Å²) in [6.07, 6.45) is 0.667. The number of nitrogens with one attached hydrogen (secondary N) is 1. The average molecular weight is 473 g/mol. The number of nitrogens with zero attached hydrogens (tertiary/aromatic N) is 3. The van der Waals surface area contributed by atoms with E-state index in [1.54, 1.807) is 12.1 Å². The van der Waals surface area contributed by atoms with Gasteiger partial charge in [-0.15, -0.1) is 11.8 Å². The molecule has 0 aliphatic carbocycles. The lowest BCUT2D eigenvalue weighted by Crippen LogP contribution is -2.27. The number of aryl methyl sites for hydroxylation is 1. The third-order valence-electron chi connectivity index (χ3n) is 4.72. The molecule has 0 bridgehead atoms. The number of hydrogen-bond donors (Lipinski definition) is 1. The molecular weight excluding hydrogens is 455 g/mol. The van der Waals surface area contributed by atoms with Crippen molar-refractivity contribution in [2.45, 2.75) is 23.0 Å². The number of nitro groups is 1. The molecule has 8 nitrogen and oxygen atoms in total. The van der Waals surface area contributed by atoms with Crippen molar-refractivity contribution in [3.8, 4) is 5.69 Å². The van der Waals surface area contributed by atoms with E-state index < -0.39 is 4.92 Å². The van der Waals surface area contributed by atoms with E-state index in [4.69, 9.17) is 0 Å². The maximum atomic E-state index is 13.1. The zero-order valence-electron chi connectivity index (χ0n) is 16.6. The second kappa shape index (κ2) is 9.53. The minimum absolute atomic E-state index is 0.0204. The number of benzene rings is 2. The largest absolute Gasteiger partial charge is 0.351 e. The summed E-state index contributed by atoms with van der Waals surface area (Å²) >= 11 is 2.55. The molecule has 1 aliphatic rings. The topological polar surface area (TPSA) is 107 Å². The van der Waals surface area contributed by atoms with Crippen molar-refractivity contribution in [1.82, 2.24) is 14.9 Å². The van der Waals surface area contributed by atoms with Crippen molar-refractivity contribution in [1.29, 1.82) is 0 Å². The summed E-state index contributed by atoms with van der Waals surface area (Å²) in [7, 11) is 0. The van der Waals surface area contributed by atoms with Crippen molar-refractivity contribution in [2.75, 3.05) is 11.5 Å². The molecule has 1 N–H and O–H groups in total. The van der Waals surface area contributed by atoms with Gasteiger partial charge in [-0.2, -0.15) is 0 Å². The fourth-order valence-corrected chi connectivity index (χ4v) is 5.01. The van der Waals surface area contributed by atoms with Gasteiger partial charge in [0.2, 0.25) is 5.91 Å². The first-order chi connectivity index (χ1) is 15.4. The molecule has 32 heavy (non-hydrogen) atoms. The standard InChI is InChI=1S/C21H17FN4O4S2/c22-14-3-1-13(2-4-14)11-23-18(27)12-32-21-24-17-9-10-31-19(17)20(28)25(21)15-5-7-16(8-6-15)26(29)30/h1-8H,9-12H2,(H,23,27). The Bertz CT molecular complexity index is 1230. The number of nitro benzene ring substituents is 1. The van der Waals surface area contributed by atoms with Gasteiger partial charge in [-0.3, -0.25) is 24.3 Å². The number of rotatable bonds is 7. The molecule has 0 saturated heterocycles. The van der Waals surface area contributed by atoms with E-state index in [0.29, 0.717) is 27.9 Å². The number of amides is 1. The smallest absolute Gasteiger partial charge is 0.272 e. The lowest BCUT2D eigenvalue weighted by Gasteiger charge is -2.13. The van der Waals surface area contributed by atoms with E-state index in [2.05, 4.69) is 10.3 Å². The third-order valence-corrected chi connectivity index (χ3v) is 6.77. The minimum Gasteiger partial charge on any atom is -0.351 e. The number of carbonyl (C=O) groups excluding carboxylic acids is 1. The van der Waals surface area contributed by atoms with E-state index in [1.807, 2.05) is 0 Å². The average Bonchev–Trinajstić information content (AvgIpc) is 3.26. The molecule has 2 heterocycles. The van der Waals surface area contributed by atoms with Crippen LogP contribution >= 0.6 is 23.5 Å². The highest BCUT2D eigenvalue weighted by molar-refractivity contribution is 8.00. The molecule has 0 saturated carbocycles. The second-order valence-electron chi connectivity index (χ2n) is 6.87. The molecule has 0 atom stereocenters. The van der Waals surface area contributed by atoms with Gasteiger partial charge in [0.25, 0.3) is 11.2 Å². The van der Waals surface area contributed by atoms with Crippen LogP contribution in [0.1, 0.15) is 11.3 Å². The Hall–Kier alpha value is -3.18. The Morgan fingerprint density at radius 2 is 1.94 bits per heavy atom. The molecule has 4 rings (SSSR count). The molecule has 0 unspecified atom stereocenters. The number of thioether (sulfide) groups is 2. The first-order valence-corrected chi connectivity index (χ1v) is 11.6. The minimum atomic E-state index is -0.509. The van der Waals surface area contributed by atoms with E-state index in [9.17, 15) is 24.1 Å². The van der Waals surface area contributed by atoms with Crippen LogP contribution in [0.2, 0.25) is 0 Å². The Morgan fingerprint density at radius 1 is 1.22 bits per heavy atom. The molecular formula is C21H17FN4O4S2. The monoisotopic (exact) mass is 472 g/mol. The first kappa shape index (κ1) is 22.0. The Morgan fingerprint density at radius 3 is 2.62 bits per heavy atom. The van der Waals surface area contributed by atoms with Crippen molar-refractivity contribution >= 4 is 35.1 Å². The molecule has 0 spiro atoms. The van der Waals surface area contributed by atoms with E-state index in [-0.39, 0.29) is 35.3 Å². The first-order valence-electron chi connectivity index (χ1n) is 9.60. The Balaban J connectivity index is 1.54. The van der Waals surface area contributed by atoms with Crippen LogP contribution in [0, 0.1) is 15.9 Å². The second-order valence-corrected chi connectivity index (χ2v) is 8.92. The summed E-state index contributed by atoms with van der Waals surface area (Å²) in [5.74, 6) is 0.163. The quantitative estimate of drug-likeness (QED) is 0.243. The molecule has 0 radical (unpaired) electrons. The molecule has 1 aromatic heterocycles. The van der Waals surface area contributed by atoms with Crippen LogP contribution in [0.3, 0.4) is 0 Å². The van der Waals surface area contributed by atoms with Crippen LogP contribution in [0.5, 0.6) is 0 Å². The normalized spacial score (nSPS) is 12.4. The maximum absolute atomic E-state index is 13.1. The summed E-state index contributed by atoms with van der Waals surface area (Å²) in [4.78, 5) is 41.0. The highest BCUT2D eigenvalue weighted by Crippen LogP contribution is 2.30. The third kappa shape index (κ3) is 4.83. The van der Waals surface area contributed by atoms with Crippen LogP contribution < -0.4 is 10.9 Å². The number of non-ortho nitro benzene ring substituents is 1. The Kier molecular flexibility index (Phi) is 6.56. The SMILES string of the molecule is O=C(CSc1nc2c(c(=O)n1-c1ccc([N+](=O)[O-])cc1)SCC2)NCc1ccc(F)cc1. The number of fused-ring (bicyclic) bond motifs is 1. The maximum Gasteiger partial charge on any atom is 0.272 e. The fraction of sp³-hybridized carbons (Fsp3) is 0.190. The van der Waals surface area contributed by atoms with Crippen LogP contribution in [0.25, 0.3) is 5.69 Å². The van der Waals surface area contributed by atoms with Crippen LogP contribution in [-0.2, 0) is 17.8 Å². The molecule has 164 valence electrons. The summed E-state index contributed by atoms with van der Waals surface area (Å²) in [5.41, 5.74) is 1.57. The van der Waals surface area contributed by atoms with Gasteiger partial charge in [-0.1, -0.05) is 23.9 Å². The number of carbonyl (C=O) groups is 1. The van der Waals surface area contributed by atoms with Gasteiger partial charge >= 0.3 is 0 Å². The lowest BCUT2D eigenvalue weighted by molar-refractivity contribution is -0.384. The van der Waals surface area contributed by atoms with Gasteiger partial charge in [0, 0.05) is 30.9 Å². The van der Waals surface area contributed by atoms with Crippen LogP contribution in [0.15, 0.2) is 63.4 Å². The van der Waals surface area contributed by atoms with Crippen molar-refractivity contribution in [3.05, 3.63) is 86.1 Å². The Labute approximate surface area is 190 Å². The predicted octanol–water partition coefficient (Wildman–Crippen LogP) is 3.34. The molecule has 11 heteroatoms. The van der Waals surface area contributed by atoms with Crippen LogP contribution in [-0.4, -0.2) is 31.9 Å². The van der Waals surface area contributed by atoms with Gasteiger partial charge < -0.3 is 5.32 Å². The number of hydrogen-bond acceptors (Lipinski definition) is 7. The van der Waals surface area contributed by atoms with E-state index in [0.717, 1.165) is 23.1 Å². The fourth-order valence-electron chi connectivity index (χ4n) is 3.12. The van der Waals surface area contributed by atoms with E-state index in [1.165, 1.54) is 52.7 Å². The summed E-state index contributed by atoms with van der Waals surface area (Å²) in [6.45, 7) is 0.253. The lowest BCUT2D eigenvalue weighted by atomic mass is 10.2. The predicted molar refractivity (Wildman–Crippen MR) is 120 cm³/mol. The van der Waals surface area contributed by atoms with Gasteiger partial charge in [-0.05, 0) is 29.8 Å². The number of halogens is 1. The molecule has 3 aromatic rings. The summed E-state index contributed by atoms with van der Waals surface area (Å²) in [5, 5.41) is 14.1. The van der Waals surface area contributed by atoms with Crippen molar-refractivity contribution in [3.63, 3.8) is 0 Å². The van der Waals surface area contributed by atoms with Gasteiger partial charge in [0.1, 0.15) is 5.82 Å². The summed E-state index contributed by atoms with van der Waals surface area (Å²) < 4.78 is 14.4. The highest BCUT2D eigenvalue weighted by Gasteiger charge is 2.23. The van der Waals surface area contributed by atoms with Crippen LogP contribution in [0.4, 0.5) is 10.1 Å². The molecule has 1 aliphatic heterocycles. The van der Waals surface area contributed by atoms with Crippen molar-refractivity contribution < 1.29 is 14.1 Å². The van der Waals surface area contributed by atoms with Gasteiger partial charge in [0.05, 0.1) is 27.0 Å². The van der Waals surface area contributed by atoms with E-state index >= 15 is 0 Å². The van der Waals surface area contributed by atoms with Crippen molar-refractivity contribution in [2.24, 2.45) is 0 Å². The van der Waals surface area contributed by atoms with Gasteiger partial charge in [0.15, 0.2) is 5.16 Å². The molecule has 0 fully saturated rings. The zero-order valence-corrected chi connectivity index (χ0v) is 18.2. The zero-order chi connectivity index (χ0) is 22.7. The summed E-state index contributed by atoms with van der Waals surface area (Å²) in [6, 6.07) is 11.5. The molecule has 2 aromatic carbocycles. The highest BCUT2D eigenvalue weighted by atomic mass is 32.2. The molecule has 1 amide bonds. The van der Waals surface area contributed by atoms with Gasteiger partial charge in [-0.25, -0.2) is 9.37 Å². The number of aromatic nitrogens is 2.